The first-order valence-corrected chi connectivity index (χ1v) is 5.03. The number of nitrogens with zero attached hydrogens (tertiary/aromatic N) is 2. The molecule has 0 saturated carbocycles. The van der Waals surface area contributed by atoms with Gasteiger partial charge in [-0.15, -0.1) is 6.58 Å². The van der Waals surface area contributed by atoms with Crippen molar-refractivity contribution in [2.75, 3.05) is 12.0 Å². The highest BCUT2D eigenvalue weighted by molar-refractivity contribution is 5.30. The summed E-state index contributed by atoms with van der Waals surface area (Å²) in [6.07, 6.45) is -4.06. The van der Waals surface area contributed by atoms with Gasteiger partial charge in [0.05, 0.1) is 6.61 Å². The van der Waals surface area contributed by atoms with E-state index < -0.39 is 11.9 Å². The van der Waals surface area contributed by atoms with Crippen molar-refractivity contribution in [1.82, 2.24) is 9.97 Å². The van der Waals surface area contributed by atoms with Crippen LogP contribution in [0.1, 0.15) is 19.0 Å². The molecule has 1 aromatic rings. The van der Waals surface area contributed by atoms with Gasteiger partial charge in [0.15, 0.2) is 5.69 Å². The highest BCUT2D eigenvalue weighted by Gasteiger charge is 2.34. The first-order valence-electron chi connectivity index (χ1n) is 5.03. The van der Waals surface area contributed by atoms with E-state index in [1.165, 1.54) is 0 Å². The van der Waals surface area contributed by atoms with E-state index in [1.54, 1.807) is 6.92 Å². The van der Waals surface area contributed by atoms with E-state index in [1.807, 2.05) is 5.43 Å². The van der Waals surface area contributed by atoms with Gasteiger partial charge >= 0.3 is 6.18 Å². The smallest absolute Gasteiger partial charge is 0.433 e. The molecule has 0 spiro atoms. The molecule has 0 aliphatic rings. The van der Waals surface area contributed by atoms with Crippen LogP contribution in [0.4, 0.5) is 19.1 Å². The second-order valence-corrected chi connectivity index (χ2v) is 3.61. The molecule has 18 heavy (non-hydrogen) atoms. The van der Waals surface area contributed by atoms with E-state index in [-0.39, 0.29) is 18.4 Å². The molecule has 0 radical (unpaired) electrons. The van der Waals surface area contributed by atoms with Gasteiger partial charge in [-0.2, -0.15) is 18.2 Å². The van der Waals surface area contributed by atoms with Crippen LogP contribution in [0.5, 0.6) is 5.88 Å². The average molecular weight is 262 g/mol. The van der Waals surface area contributed by atoms with Crippen LogP contribution in [-0.2, 0) is 6.18 Å². The second-order valence-electron chi connectivity index (χ2n) is 3.61. The molecular formula is C10H13F3N4O. The van der Waals surface area contributed by atoms with Gasteiger partial charge in [0.25, 0.3) is 0 Å². The Morgan fingerprint density at radius 1 is 1.50 bits per heavy atom. The second kappa shape index (κ2) is 5.67. The van der Waals surface area contributed by atoms with Crippen LogP contribution in [0.25, 0.3) is 0 Å². The van der Waals surface area contributed by atoms with E-state index in [4.69, 9.17) is 10.6 Å². The number of hydrogen-bond acceptors (Lipinski definition) is 5. The third-order valence-corrected chi connectivity index (χ3v) is 1.90. The Hall–Kier alpha value is -1.83. The van der Waals surface area contributed by atoms with E-state index in [9.17, 15) is 13.2 Å². The maximum absolute atomic E-state index is 12.5. The van der Waals surface area contributed by atoms with E-state index in [0.717, 1.165) is 11.6 Å². The predicted molar refractivity (Wildman–Crippen MR) is 59.8 cm³/mol. The fourth-order valence-electron chi connectivity index (χ4n) is 1.04. The summed E-state index contributed by atoms with van der Waals surface area (Å²) in [5.74, 6) is 4.46. The minimum atomic E-state index is -4.58. The average Bonchev–Trinajstić information content (AvgIpc) is 2.27. The molecule has 1 aromatic heterocycles. The molecule has 5 nitrogen and oxygen atoms in total. The summed E-state index contributed by atoms with van der Waals surface area (Å²) < 4.78 is 42.6. The zero-order valence-electron chi connectivity index (χ0n) is 9.71. The molecule has 0 unspecified atom stereocenters. The number of nitrogen functional groups attached to an aromatic ring is 1. The largest absolute Gasteiger partial charge is 0.477 e. The lowest BCUT2D eigenvalue weighted by Crippen LogP contribution is -2.16. The Kier molecular flexibility index (Phi) is 4.49. The first kappa shape index (κ1) is 14.2. The number of hydrazine groups is 1. The van der Waals surface area contributed by atoms with Crippen molar-refractivity contribution in [1.29, 1.82) is 0 Å². The quantitative estimate of drug-likeness (QED) is 0.483. The van der Waals surface area contributed by atoms with Crippen LogP contribution >= 0.6 is 0 Å². The molecule has 8 heteroatoms. The van der Waals surface area contributed by atoms with Gasteiger partial charge in [-0.3, -0.25) is 5.43 Å². The number of ether oxygens (including phenoxy) is 1. The molecular weight excluding hydrogens is 249 g/mol. The molecule has 0 aliphatic carbocycles. The van der Waals surface area contributed by atoms with Crippen LogP contribution in [0, 0.1) is 0 Å². The molecule has 0 aliphatic heterocycles. The van der Waals surface area contributed by atoms with Crippen molar-refractivity contribution in [2.24, 2.45) is 5.84 Å². The number of rotatable bonds is 5. The predicted octanol–water partition coefficient (Wildman–Crippen LogP) is 2.13. The van der Waals surface area contributed by atoms with Gasteiger partial charge in [0, 0.05) is 12.5 Å². The van der Waals surface area contributed by atoms with Gasteiger partial charge < -0.3 is 4.74 Å². The molecule has 1 rings (SSSR count). The Morgan fingerprint density at radius 2 is 2.17 bits per heavy atom. The number of aromatic nitrogens is 2. The third kappa shape index (κ3) is 4.21. The highest BCUT2D eigenvalue weighted by Crippen LogP contribution is 2.30. The van der Waals surface area contributed by atoms with Crippen molar-refractivity contribution >= 4 is 5.95 Å². The summed E-state index contributed by atoms with van der Waals surface area (Å²) in [6.45, 7) is 5.63. The number of hydrogen-bond donors (Lipinski definition) is 2. The summed E-state index contributed by atoms with van der Waals surface area (Å²) >= 11 is 0. The van der Waals surface area contributed by atoms with Gasteiger partial charge in [0.1, 0.15) is 0 Å². The topological polar surface area (TPSA) is 73.1 Å². The molecule has 0 saturated heterocycles. The summed E-state index contributed by atoms with van der Waals surface area (Å²) in [7, 11) is 0. The first-order chi connectivity index (χ1) is 8.32. The maximum Gasteiger partial charge on any atom is 0.433 e. The fraction of sp³-hybridized carbons (Fsp3) is 0.400. The molecule has 1 heterocycles. The highest BCUT2D eigenvalue weighted by atomic mass is 19.4. The summed E-state index contributed by atoms with van der Waals surface area (Å²) in [5.41, 5.74) is 1.70. The van der Waals surface area contributed by atoms with Gasteiger partial charge in [0.2, 0.25) is 11.8 Å². The van der Waals surface area contributed by atoms with Crippen molar-refractivity contribution in [3.8, 4) is 5.88 Å². The van der Waals surface area contributed by atoms with Crippen molar-refractivity contribution in [3.05, 3.63) is 23.9 Å². The monoisotopic (exact) mass is 262 g/mol. The van der Waals surface area contributed by atoms with E-state index in [0.29, 0.717) is 6.42 Å². The molecule has 0 bridgehead atoms. The Bertz CT molecular complexity index is 434. The molecule has 0 aromatic carbocycles. The molecule has 3 N–H and O–H groups in total. The lowest BCUT2D eigenvalue weighted by molar-refractivity contribution is -0.141. The van der Waals surface area contributed by atoms with Crippen LogP contribution in [0.2, 0.25) is 0 Å². The van der Waals surface area contributed by atoms with E-state index in [2.05, 4.69) is 16.5 Å². The minimum Gasteiger partial charge on any atom is -0.477 e. The fourth-order valence-corrected chi connectivity index (χ4v) is 1.04. The number of anilines is 1. The van der Waals surface area contributed by atoms with Gasteiger partial charge in [-0.25, -0.2) is 10.8 Å². The van der Waals surface area contributed by atoms with Crippen LogP contribution in [0.15, 0.2) is 18.2 Å². The van der Waals surface area contributed by atoms with Gasteiger partial charge in [-0.05, 0) is 6.92 Å². The summed E-state index contributed by atoms with van der Waals surface area (Å²) in [4.78, 5) is 6.86. The number of halogens is 3. The molecule has 0 amide bonds. The maximum atomic E-state index is 12.5. The van der Waals surface area contributed by atoms with Crippen molar-refractivity contribution < 1.29 is 17.9 Å². The summed E-state index contributed by atoms with van der Waals surface area (Å²) in [5, 5.41) is 0. The minimum absolute atomic E-state index is 0.188. The van der Waals surface area contributed by atoms with Crippen molar-refractivity contribution in [3.63, 3.8) is 0 Å². The van der Waals surface area contributed by atoms with Crippen LogP contribution in [0.3, 0.4) is 0 Å². The Morgan fingerprint density at radius 3 is 2.67 bits per heavy atom. The Labute approximate surface area is 102 Å². The summed E-state index contributed by atoms with van der Waals surface area (Å²) in [6, 6.07) is 0.721. The number of nitrogens with two attached hydrogens (primary N) is 1. The molecule has 0 fully saturated rings. The Balaban J connectivity index is 2.87. The standard InChI is InChI=1S/C10H13F3N4O/c1-6(2)3-4-18-8-5-7(10(11,12)13)15-9(16-8)17-14/h5H,1,3-4,14H2,2H3,(H,15,16,17). The lowest BCUT2D eigenvalue weighted by atomic mass is 10.3. The number of alkyl halides is 3. The van der Waals surface area contributed by atoms with Crippen molar-refractivity contribution in [2.45, 2.75) is 19.5 Å². The lowest BCUT2D eigenvalue weighted by Gasteiger charge is -2.10. The molecule has 0 atom stereocenters. The van der Waals surface area contributed by atoms with Crippen LogP contribution < -0.4 is 16.0 Å². The van der Waals surface area contributed by atoms with E-state index >= 15 is 0 Å². The van der Waals surface area contributed by atoms with Gasteiger partial charge in [-0.1, -0.05) is 5.57 Å². The number of nitrogens with one attached hydrogen (secondary N) is 1. The molecule has 100 valence electrons. The third-order valence-electron chi connectivity index (χ3n) is 1.90. The normalized spacial score (nSPS) is 11.2. The zero-order valence-corrected chi connectivity index (χ0v) is 9.71. The zero-order chi connectivity index (χ0) is 13.8. The van der Waals surface area contributed by atoms with Crippen LogP contribution in [-0.4, -0.2) is 16.6 Å². The SMILES string of the molecule is C=C(C)CCOc1cc(C(F)(F)F)nc(NN)n1.